The number of fused-ring (bicyclic) bond motifs is 2. The lowest BCUT2D eigenvalue weighted by atomic mass is 10.1. The van der Waals surface area contributed by atoms with E-state index in [9.17, 15) is 4.79 Å². The fraction of sp³-hybridized carbons (Fsp3) is 0.292. The topological polar surface area (TPSA) is 92.3 Å². The largest absolute Gasteiger partial charge is 0.496 e. The second-order valence-electron chi connectivity index (χ2n) is 7.65. The number of aromatic nitrogens is 3. The molecule has 0 aliphatic rings. The number of carbonyl (C=O) groups is 1. The van der Waals surface area contributed by atoms with Gasteiger partial charge in [-0.25, -0.2) is 14.8 Å². The number of anilines is 1. The van der Waals surface area contributed by atoms with E-state index in [-0.39, 0.29) is 17.3 Å². The van der Waals surface area contributed by atoms with E-state index in [1.807, 2.05) is 55.5 Å². The Balaban J connectivity index is 1.87. The van der Waals surface area contributed by atoms with Crippen LogP contribution in [-0.4, -0.2) is 34.2 Å². The van der Waals surface area contributed by atoms with Crippen molar-refractivity contribution in [2.45, 2.75) is 26.8 Å². The molecule has 2 aromatic heterocycles. The lowest BCUT2D eigenvalue weighted by molar-refractivity contribution is 0.0450. The molecule has 4 rings (SSSR count). The molecule has 0 amide bonds. The van der Waals surface area contributed by atoms with Gasteiger partial charge in [-0.3, -0.25) is 0 Å². The lowest BCUT2D eigenvalue weighted by Crippen LogP contribution is -2.14. The van der Waals surface area contributed by atoms with E-state index in [4.69, 9.17) is 25.2 Å². The molecule has 2 N–H and O–H groups in total. The third kappa shape index (κ3) is 3.91. The van der Waals surface area contributed by atoms with Crippen LogP contribution in [0.4, 0.5) is 5.82 Å². The highest BCUT2D eigenvalue weighted by Crippen LogP contribution is 2.31. The van der Waals surface area contributed by atoms with Crippen LogP contribution in [0.1, 0.15) is 36.2 Å². The minimum absolute atomic E-state index is 0.256. The van der Waals surface area contributed by atoms with Crippen LogP contribution in [0, 0.1) is 5.92 Å². The third-order valence-electron chi connectivity index (χ3n) is 5.51. The van der Waals surface area contributed by atoms with E-state index in [1.54, 1.807) is 11.7 Å². The summed E-state index contributed by atoms with van der Waals surface area (Å²) < 4.78 is 12.9. The Kier molecular flexibility index (Phi) is 5.75. The Morgan fingerprint density at radius 1 is 1.10 bits per heavy atom. The lowest BCUT2D eigenvalue weighted by Gasteiger charge is -2.12. The monoisotopic (exact) mass is 418 g/mol. The highest BCUT2D eigenvalue weighted by Gasteiger charge is 2.26. The summed E-state index contributed by atoms with van der Waals surface area (Å²) in [6, 6.07) is 15.2. The summed E-state index contributed by atoms with van der Waals surface area (Å²) in [4.78, 5) is 22.5. The summed E-state index contributed by atoms with van der Waals surface area (Å²) in [6.45, 7) is 4.81. The van der Waals surface area contributed by atoms with Gasteiger partial charge in [-0.05, 0) is 24.1 Å². The standard InChI is InChI=1S/C24H26N4O3/c1-4-15(2)14-31-24(29)20-21-23(27-18-11-7-6-10-17(18)26-21)28(22(20)25)13-16-9-5-8-12-19(16)30-3/h5-12,15H,4,13-14,25H2,1-3H3. The summed E-state index contributed by atoms with van der Waals surface area (Å²) in [7, 11) is 1.63. The molecule has 1 atom stereocenters. The number of benzene rings is 2. The second-order valence-corrected chi connectivity index (χ2v) is 7.65. The number of ether oxygens (including phenoxy) is 2. The number of nitrogens with zero attached hydrogens (tertiary/aromatic N) is 3. The normalized spacial score (nSPS) is 12.2. The molecule has 1 unspecified atom stereocenters. The van der Waals surface area contributed by atoms with E-state index in [1.165, 1.54) is 0 Å². The van der Waals surface area contributed by atoms with Crippen molar-refractivity contribution in [1.29, 1.82) is 0 Å². The predicted octanol–water partition coefficient (Wildman–Crippen LogP) is 4.43. The van der Waals surface area contributed by atoms with Crippen LogP contribution in [-0.2, 0) is 11.3 Å². The van der Waals surface area contributed by atoms with E-state index in [2.05, 4.69) is 6.92 Å². The maximum absolute atomic E-state index is 13.0. The maximum Gasteiger partial charge on any atom is 0.344 e. The quantitative estimate of drug-likeness (QED) is 0.447. The van der Waals surface area contributed by atoms with Crippen LogP contribution in [0.5, 0.6) is 5.75 Å². The molecule has 0 aliphatic heterocycles. The molecule has 4 aromatic rings. The number of esters is 1. The van der Waals surface area contributed by atoms with Crippen LogP contribution in [0.25, 0.3) is 22.2 Å². The molecule has 160 valence electrons. The molecule has 2 aromatic carbocycles. The molecule has 0 radical (unpaired) electrons. The number of nitrogens with two attached hydrogens (primary N) is 1. The van der Waals surface area contributed by atoms with Gasteiger partial charge in [-0.15, -0.1) is 0 Å². The molecule has 7 heteroatoms. The van der Waals surface area contributed by atoms with Crippen LogP contribution in [0.15, 0.2) is 48.5 Å². The molecule has 7 nitrogen and oxygen atoms in total. The van der Waals surface area contributed by atoms with Crippen LogP contribution in [0.3, 0.4) is 0 Å². The zero-order valence-corrected chi connectivity index (χ0v) is 18.0. The minimum atomic E-state index is -0.480. The first kappa shape index (κ1) is 20.7. The number of rotatable bonds is 7. The molecule has 0 bridgehead atoms. The summed E-state index contributed by atoms with van der Waals surface area (Å²) in [5.41, 5.74) is 10.1. The van der Waals surface area contributed by atoms with Gasteiger partial charge in [0.05, 0.1) is 31.3 Å². The Bertz CT molecular complexity index is 1250. The first-order chi connectivity index (χ1) is 15.0. The van der Waals surface area contributed by atoms with E-state index in [0.717, 1.165) is 23.3 Å². The van der Waals surface area contributed by atoms with Crippen LogP contribution < -0.4 is 10.5 Å². The minimum Gasteiger partial charge on any atom is -0.496 e. The van der Waals surface area contributed by atoms with Crippen molar-refractivity contribution in [3.05, 3.63) is 59.7 Å². The SMILES string of the molecule is CCC(C)COC(=O)c1c(N)n(Cc2ccccc2OC)c2nc3ccccc3nc12. The van der Waals surface area contributed by atoms with Crippen molar-refractivity contribution >= 4 is 34.0 Å². The molecule has 0 saturated carbocycles. The summed E-state index contributed by atoms with van der Waals surface area (Å²) in [6.07, 6.45) is 0.919. The Labute approximate surface area is 180 Å². The van der Waals surface area contributed by atoms with E-state index >= 15 is 0 Å². The molecular weight excluding hydrogens is 392 g/mol. The fourth-order valence-corrected chi connectivity index (χ4v) is 3.49. The highest BCUT2D eigenvalue weighted by atomic mass is 16.5. The third-order valence-corrected chi connectivity index (χ3v) is 5.51. The summed E-state index contributed by atoms with van der Waals surface area (Å²) in [5, 5.41) is 0. The number of para-hydroxylation sites is 3. The highest BCUT2D eigenvalue weighted by molar-refractivity contribution is 6.08. The first-order valence-corrected chi connectivity index (χ1v) is 10.4. The molecule has 31 heavy (non-hydrogen) atoms. The number of hydrogen-bond donors (Lipinski definition) is 1. The molecule has 2 heterocycles. The Hall–Kier alpha value is -3.61. The number of carbonyl (C=O) groups excluding carboxylic acids is 1. The van der Waals surface area contributed by atoms with Crippen molar-refractivity contribution in [3.63, 3.8) is 0 Å². The van der Waals surface area contributed by atoms with Gasteiger partial charge in [-0.2, -0.15) is 0 Å². The van der Waals surface area contributed by atoms with E-state index < -0.39 is 5.97 Å². The van der Waals surface area contributed by atoms with Crippen molar-refractivity contribution in [2.75, 3.05) is 19.5 Å². The van der Waals surface area contributed by atoms with Crippen molar-refractivity contribution in [2.24, 2.45) is 5.92 Å². The van der Waals surface area contributed by atoms with Gasteiger partial charge in [0.15, 0.2) is 5.65 Å². The number of methoxy groups -OCH3 is 1. The van der Waals surface area contributed by atoms with Gasteiger partial charge in [0.2, 0.25) is 0 Å². The van der Waals surface area contributed by atoms with Gasteiger partial charge < -0.3 is 19.8 Å². The molecular formula is C24H26N4O3. The van der Waals surface area contributed by atoms with Crippen LogP contribution >= 0.6 is 0 Å². The van der Waals surface area contributed by atoms with Gasteiger partial charge in [-0.1, -0.05) is 50.6 Å². The molecule has 0 fully saturated rings. The molecule has 0 spiro atoms. The smallest absolute Gasteiger partial charge is 0.344 e. The van der Waals surface area contributed by atoms with Crippen molar-refractivity contribution in [3.8, 4) is 5.75 Å². The molecule has 0 aliphatic carbocycles. The predicted molar refractivity (Wildman–Crippen MR) is 121 cm³/mol. The van der Waals surface area contributed by atoms with Gasteiger partial charge in [0.25, 0.3) is 0 Å². The Morgan fingerprint density at radius 3 is 2.48 bits per heavy atom. The maximum atomic E-state index is 13.0. The number of nitrogen functional groups attached to an aromatic ring is 1. The van der Waals surface area contributed by atoms with Crippen molar-refractivity contribution < 1.29 is 14.3 Å². The van der Waals surface area contributed by atoms with E-state index in [0.29, 0.717) is 29.8 Å². The first-order valence-electron chi connectivity index (χ1n) is 10.4. The average Bonchev–Trinajstić information content (AvgIpc) is 3.06. The van der Waals surface area contributed by atoms with Crippen LogP contribution in [0.2, 0.25) is 0 Å². The zero-order chi connectivity index (χ0) is 22.0. The van der Waals surface area contributed by atoms with Gasteiger partial charge >= 0.3 is 5.97 Å². The second kappa shape index (κ2) is 8.63. The summed E-state index contributed by atoms with van der Waals surface area (Å²) >= 11 is 0. The number of hydrogen-bond acceptors (Lipinski definition) is 6. The Morgan fingerprint density at radius 2 is 1.77 bits per heavy atom. The molecule has 0 saturated heterocycles. The average molecular weight is 418 g/mol. The van der Waals surface area contributed by atoms with Gasteiger partial charge in [0, 0.05) is 5.56 Å². The fourth-order valence-electron chi connectivity index (χ4n) is 3.49. The van der Waals surface area contributed by atoms with Gasteiger partial charge in [0.1, 0.15) is 22.6 Å². The zero-order valence-electron chi connectivity index (χ0n) is 18.0. The summed E-state index contributed by atoms with van der Waals surface area (Å²) in [5.74, 6) is 0.800. The van der Waals surface area contributed by atoms with Crippen molar-refractivity contribution in [1.82, 2.24) is 14.5 Å².